The minimum absolute atomic E-state index is 0.119. The molecule has 106 valence electrons. The Bertz CT molecular complexity index is 678. The van der Waals surface area contributed by atoms with E-state index in [1.807, 2.05) is 18.2 Å². The van der Waals surface area contributed by atoms with Crippen LogP contribution in [-0.4, -0.2) is 11.1 Å². The molecule has 0 fully saturated rings. The molecule has 0 radical (unpaired) electrons. The molecule has 1 atom stereocenters. The quantitative estimate of drug-likeness (QED) is 0.530. The van der Waals surface area contributed by atoms with Gasteiger partial charge in [-0.1, -0.05) is 30.3 Å². The first kappa shape index (κ1) is 14.6. The molecule has 0 heterocycles. The number of ether oxygens (including phenoxy) is 2. The van der Waals surface area contributed by atoms with Crippen molar-refractivity contribution in [3.63, 3.8) is 0 Å². The molecule has 0 bridgehead atoms. The van der Waals surface area contributed by atoms with Crippen molar-refractivity contribution >= 4 is 5.97 Å². The van der Waals surface area contributed by atoms with E-state index < -0.39 is 11.8 Å². The molecule has 5 nitrogen and oxygen atoms in total. The van der Waals surface area contributed by atoms with Crippen molar-refractivity contribution in [1.82, 2.24) is 0 Å². The molecule has 5 heteroatoms. The lowest BCUT2D eigenvalue weighted by molar-refractivity contribution is -0.189. The summed E-state index contributed by atoms with van der Waals surface area (Å²) >= 11 is 0. The van der Waals surface area contributed by atoms with Crippen molar-refractivity contribution in [2.75, 3.05) is 0 Å². The smallest absolute Gasteiger partial charge is 0.328 e. The van der Waals surface area contributed by atoms with E-state index in [4.69, 9.17) is 10.00 Å². The van der Waals surface area contributed by atoms with Crippen LogP contribution in [0.2, 0.25) is 0 Å². The first-order chi connectivity index (χ1) is 10.0. The van der Waals surface area contributed by atoms with Gasteiger partial charge in [0.15, 0.2) is 0 Å². The second-order valence-electron chi connectivity index (χ2n) is 4.29. The van der Waals surface area contributed by atoms with Crippen LogP contribution in [0.3, 0.4) is 0 Å². The highest BCUT2D eigenvalue weighted by Gasteiger charge is 2.33. The number of carbonyl (C=O) groups is 1. The molecular formula is C16H13NO4. The third-order valence-electron chi connectivity index (χ3n) is 2.65. The van der Waals surface area contributed by atoms with E-state index in [9.17, 15) is 9.90 Å². The van der Waals surface area contributed by atoms with Crippen LogP contribution in [0.5, 0.6) is 11.5 Å². The van der Waals surface area contributed by atoms with Gasteiger partial charge in [-0.3, -0.25) is 4.79 Å². The summed E-state index contributed by atoms with van der Waals surface area (Å²) in [7, 11) is 0. The van der Waals surface area contributed by atoms with Gasteiger partial charge in [-0.05, 0) is 24.3 Å². The van der Waals surface area contributed by atoms with Gasteiger partial charge in [0.2, 0.25) is 0 Å². The molecular weight excluding hydrogens is 270 g/mol. The van der Waals surface area contributed by atoms with Gasteiger partial charge in [0, 0.05) is 12.5 Å². The number of esters is 1. The molecule has 0 saturated carbocycles. The normalized spacial score (nSPS) is 12.8. The second-order valence-corrected chi connectivity index (χ2v) is 4.29. The highest BCUT2D eigenvalue weighted by Crippen LogP contribution is 2.28. The zero-order valence-electron chi connectivity index (χ0n) is 11.3. The zero-order chi connectivity index (χ0) is 15.3. The Labute approximate surface area is 122 Å². The van der Waals surface area contributed by atoms with Crippen molar-refractivity contribution in [2.24, 2.45) is 0 Å². The zero-order valence-corrected chi connectivity index (χ0v) is 11.3. The van der Waals surface area contributed by atoms with Crippen LogP contribution in [0, 0.1) is 11.3 Å². The number of nitriles is 1. The van der Waals surface area contributed by atoms with Crippen LogP contribution in [0.25, 0.3) is 0 Å². The molecule has 0 unspecified atom stereocenters. The largest absolute Gasteiger partial charge is 0.457 e. The van der Waals surface area contributed by atoms with Gasteiger partial charge in [0.1, 0.15) is 17.6 Å². The number of hydrogen-bond donors (Lipinski definition) is 1. The van der Waals surface area contributed by atoms with Crippen LogP contribution in [0.15, 0.2) is 54.6 Å². The molecule has 1 N–H and O–H groups in total. The molecule has 0 spiro atoms. The third kappa shape index (κ3) is 3.59. The summed E-state index contributed by atoms with van der Waals surface area (Å²) in [5.41, 5.74) is 0.119. The van der Waals surface area contributed by atoms with Crippen molar-refractivity contribution in [2.45, 2.75) is 12.7 Å². The van der Waals surface area contributed by atoms with E-state index in [-0.39, 0.29) is 5.56 Å². The lowest BCUT2D eigenvalue weighted by atomic mass is 10.1. The molecule has 21 heavy (non-hydrogen) atoms. The maximum Gasteiger partial charge on any atom is 0.328 e. The third-order valence-corrected chi connectivity index (χ3v) is 2.65. The number of carbonyl (C=O) groups excluding carboxylic acids is 1. The number of rotatable bonds is 4. The summed E-state index contributed by atoms with van der Waals surface area (Å²) in [4.78, 5) is 11.0. The van der Waals surface area contributed by atoms with Crippen LogP contribution in [0.4, 0.5) is 0 Å². The van der Waals surface area contributed by atoms with Gasteiger partial charge in [-0.2, -0.15) is 5.26 Å². The Kier molecular flexibility index (Phi) is 4.21. The predicted molar refractivity (Wildman–Crippen MR) is 74.2 cm³/mol. The maximum absolute atomic E-state index is 11.0. The molecule has 0 aliphatic heterocycles. The molecule has 2 aromatic carbocycles. The van der Waals surface area contributed by atoms with E-state index >= 15 is 0 Å². The van der Waals surface area contributed by atoms with E-state index in [1.54, 1.807) is 30.3 Å². The molecule has 2 rings (SSSR count). The SMILES string of the molecule is CC(=O)O[C@@](O)(C#N)c1cccc(Oc2ccccc2)c1. The fourth-order valence-electron chi connectivity index (χ4n) is 1.75. The molecule has 2 aromatic rings. The van der Waals surface area contributed by atoms with Crippen molar-refractivity contribution in [3.05, 3.63) is 60.2 Å². The summed E-state index contributed by atoms with van der Waals surface area (Å²) < 4.78 is 10.3. The van der Waals surface area contributed by atoms with Gasteiger partial charge < -0.3 is 14.6 Å². The lowest BCUT2D eigenvalue weighted by Gasteiger charge is -2.20. The van der Waals surface area contributed by atoms with Gasteiger partial charge in [0.05, 0.1) is 0 Å². The maximum atomic E-state index is 11.0. The van der Waals surface area contributed by atoms with Gasteiger partial charge in [-0.15, -0.1) is 0 Å². The summed E-state index contributed by atoms with van der Waals surface area (Å²) in [6.45, 7) is 1.12. The Morgan fingerprint density at radius 1 is 1.14 bits per heavy atom. The first-order valence-corrected chi connectivity index (χ1v) is 6.20. The van der Waals surface area contributed by atoms with Gasteiger partial charge in [0.25, 0.3) is 0 Å². The van der Waals surface area contributed by atoms with Gasteiger partial charge >= 0.3 is 11.8 Å². The Balaban J connectivity index is 2.29. The summed E-state index contributed by atoms with van der Waals surface area (Å²) in [6.07, 6.45) is 0. The van der Waals surface area contributed by atoms with Crippen LogP contribution >= 0.6 is 0 Å². The van der Waals surface area contributed by atoms with Crippen molar-refractivity contribution < 1.29 is 19.4 Å². The number of benzene rings is 2. The van der Waals surface area contributed by atoms with Crippen molar-refractivity contribution in [1.29, 1.82) is 5.26 Å². The number of hydrogen-bond acceptors (Lipinski definition) is 5. The fraction of sp³-hybridized carbons (Fsp3) is 0.125. The average Bonchev–Trinajstić information content (AvgIpc) is 2.48. The fourth-order valence-corrected chi connectivity index (χ4v) is 1.75. The van der Waals surface area contributed by atoms with E-state index in [0.29, 0.717) is 11.5 Å². The first-order valence-electron chi connectivity index (χ1n) is 6.20. The molecule has 0 amide bonds. The van der Waals surface area contributed by atoms with Crippen LogP contribution in [0.1, 0.15) is 12.5 Å². The molecule has 0 aliphatic rings. The summed E-state index contributed by atoms with van der Waals surface area (Å²) in [5, 5.41) is 19.1. The number of aliphatic hydroxyl groups is 1. The van der Waals surface area contributed by atoms with E-state index in [2.05, 4.69) is 4.74 Å². The van der Waals surface area contributed by atoms with E-state index in [0.717, 1.165) is 6.92 Å². The number of nitrogens with zero attached hydrogens (tertiary/aromatic N) is 1. The second kappa shape index (κ2) is 6.07. The number of para-hydroxylation sites is 1. The molecule has 0 aliphatic carbocycles. The van der Waals surface area contributed by atoms with Crippen LogP contribution < -0.4 is 4.74 Å². The minimum Gasteiger partial charge on any atom is -0.457 e. The van der Waals surface area contributed by atoms with E-state index in [1.165, 1.54) is 12.1 Å². The lowest BCUT2D eigenvalue weighted by Crippen LogP contribution is -2.29. The topological polar surface area (TPSA) is 79.5 Å². The predicted octanol–water partition coefficient (Wildman–Crippen LogP) is 2.71. The average molecular weight is 283 g/mol. The Morgan fingerprint density at radius 2 is 1.81 bits per heavy atom. The summed E-state index contributed by atoms with van der Waals surface area (Å²) in [5.74, 6) is -2.06. The highest BCUT2D eigenvalue weighted by molar-refractivity contribution is 5.67. The Morgan fingerprint density at radius 3 is 2.43 bits per heavy atom. The monoisotopic (exact) mass is 283 g/mol. The molecule has 0 aromatic heterocycles. The highest BCUT2D eigenvalue weighted by atomic mass is 16.7. The minimum atomic E-state index is -2.33. The van der Waals surface area contributed by atoms with Crippen molar-refractivity contribution in [3.8, 4) is 17.6 Å². The molecule has 0 saturated heterocycles. The summed E-state index contributed by atoms with van der Waals surface area (Å²) in [6, 6.07) is 16.8. The van der Waals surface area contributed by atoms with Gasteiger partial charge in [-0.25, -0.2) is 0 Å². The van der Waals surface area contributed by atoms with Crippen LogP contribution in [-0.2, 0) is 15.3 Å². The Hall–Kier alpha value is -2.84. The standard InChI is InChI=1S/C16H13NO4/c1-12(18)21-16(19,11-17)13-6-5-9-15(10-13)20-14-7-3-2-4-8-14/h2-10,19H,1H3/t16-/m0/s1.